The molecule has 1 aliphatic carbocycles. The van der Waals surface area contributed by atoms with Gasteiger partial charge in [-0.05, 0) is 21.3 Å². The number of nitrogens with two attached hydrogens (primary N) is 1. The second kappa shape index (κ2) is 2.75. The van der Waals surface area contributed by atoms with Gasteiger partial charge in [-0.3, -0.25) is 0 Å². The Bertz CT molecular complexity index is 320. The average Bonchev–Trinajstić information content (AvgIpc) is 2.55. The largest absolute Gasteiger partial charge is 0.327 e. The zero-order valence-corrected chi connectivity index (χ0v) is 9.25. The van der Waals surface area contributed by atoms with Crippen LogP contribution in [0.25, 0.3) is 0 Å². The van der Waals surface area contributed by atoms with E-state index >= 15 is 0 Å². The van der Waals surface area contributed by atoms with Crippen molar-refractivity contribution in [3.63, 3.8) is 0 Å². The van der Waals surface area contributed by atoms with E-state index in [2.05, 4.69) is 39.7 Å². The van der Waals surface area contributed by atoms with Crippen molar-refractivity contribution in [3.05, 3.63) is 22.7 Å². The minimum absolute atomic E-state index is 0.161. The number of rotatable bonds is 1. The van der Waals surface area contributed by atoms with Crippen LogP contribution < -0.4 is 5.73 Å². The van der Waals surface area contributed by atoms with E-state index < -0.39 is 0 Å². The first-order chi connectivity index (χ1) is 6.03. The topological polar surface area (TPSA) is 51.8 Å². The van der Waals surface area contributed by atoms with Crippen molar-refractivity contribution in [1.82, 2.24) is 9.97 Å². The normalized spacial score (nSPS) is 30.2. The Labute approximate surface area is 85.9 Å². The van der Waals surface area contributed by atoms with Crippen molar-refractivity contribution in [2.75, 3.05) is 0 Å². The molecule has 1 aliphatic rings. The summed E-state index contributed by atoms with van der Waals surface area (Å²) in [6.45, 7) is 4.29. The molecular weight excluding hydrogens is 230 g/mol. The summed E-state index contributed by atoms with van der Waals surface area (Å²) in [5.41, 5.74) is 6.08. The van der Waals surface area contributed by atoms with Crippen molar-refractivity contribution < 1.29 is 0 Å². The summed E-state index contributed by atoms with van der Waals surface area (Å²) in [6.07, 6.45) is 3.53. The Kier molecular flexibility index (Phi) is 1.92. The molecule has 1 aromatic rings. The van der Waals surface area contributed by atoms with Crippen LogP contribution in [-0.4, -0.2) is 16.0 Å². The van der Waals surface area contributed by atoms with Crippen LogP contribution in [0.5, 0.6) is 0 Å². The Morgan fingerprint density at radius 3 is 2.23 bits per heavy atom. The third-order valence-electron chi connectivity index (χ3n) is 2.83. The second-order valence-corrected chi connectivity index (χ2v) is 5.00. The third kappa shape index (κ3) is 1.38. The van der Waals surface area contributed by atoms with Crippen molar-refractivity contribution in [3.8, 4) is 0 Å². The van der Waals surface area contributed by atoms with Crippen LogP contribution >= 0.6 is 15.9 Å². The fourth-order valence-corrected chi connectivity index (χ4v) is 1.86. The lowest BCUT2D eigenvalue weighted by molar-refractivity contribution is 0.590. The SMILES string of the molecule is CC1(C)[C@H](N)[C@H]1c1ncc(Br)cn1. The zero-order valence-electron chi connectivity index (χ0n) is 7.66. The van der Waals surface area contributed by atoms with Crippen molar-refractivity contribution in [1.29, 1.82) is 0 Å². The summed E-state index contributed by atoms with van der Waals surface area (Å²) < 4.78 is 0.906. The van der Waals surface area contributed by atoms with Crippen molar-refractivity contribution >= 4 is 15.9 Å². The molecule has 1 aromatic heterocycles. The van der Waals surface area contributed by atoms with Gasteiger partial charge in [-0.1, -0.05) is 13.8 Å². The quantitative estimate of drug-likeness (QED) is 0.815. The lowest BCUT2D eigenvalue weighted by Gasteiger charge is -2.00. The van der Waals surface area contributed by atoms with Crippen molar-refractivity contribution in [2.24, 2.45) is 11.1 Å². The number of hydrogen-bond acceptors (Lipinski definition) is 3. The highest BCUT2D eigenvalue weighted by Crippen LogP contribution is 2.56. The molecule has 1 heterocycles. The first-order valence-electron chi connectivity index (χ1n) is 4.26. The molecule has 1 fully saturated rings. The van der Waals surface area contributed by atoms with Gasteiger partial charge >= 0.3 is 0 Å². The molecular formula is C9H12BrN3. The fraction of sp³-hybridized carbons (Fsp3) is 0.556. The first-order valence-corrected chi connectivity index (χ1v) is 5.06. The van der Waals surface area contributed by atoms with Crippen LogP contribution in [0.3, 0.4) is 0 Å². The predicted octanol–water partition coefficient (Wildman–Crippen LogP) is 1.69. The van der Waals surface area contributed by atoms with Gasteiger partial charge in [0.25, 0.3) is 0 Å². The molecule has 0 spiro atoms. The van der Waals surface area contributed by atoms with E-state index in [0.29, 0.717) is 5.92 Å². The number of hydrogen-bond donors (Lipinski definition) is 1. The molecule has 2 N–H and O–H groups in total. The summed E-state index contributed by atoms with van der Waals surface area (Å²) >= 11 is 3.30. The van der Waals surface area contributed by atoms with Crippen LogP contribution in [0.1, 0.15) is 25.6 Å². The number of nitrogens with zero attached hydrogens (tertiary/aromatic N) is 2. The molecule has 70 valence electrons. The monoisotopic (exact) mass is 241 g/mol. The molecule has 2 rings (SSSR count). The minimum atomic E-state index is 0.161. The van der Waals surface area contributed by atoms with Crippen LogP contribution in [0.2, 0.25) is 0 Å². The average molecular weight is 242 g/mol. The summed E-state index contributed by atoms with van der Waals surface area (Å²) in [4.78, 5) is 8.50. The van der Waals surface area contributed by atoms with Gasteiger partial charge in [0.1, 0.15) is 5.82 Å². The summed E-state index contributed by atoms with van der Waals surface area (Å²) in [7, 11) is 0. The van der Waals surface area contributed by atoms with Crippen LogP contribution in [0.4, 0.5) is 0 Å². The molecule has 3 nitrogen and oxygen atoms in total. The zero-order chi connectivity index (χ0) is 9.64. The van der Waals surface area contributed by atoms with Gasteiger partial charge in [0.05, 0.1) is 4.47 Å². The van der Waals surface area contributed by atoms with Crippen LogP contribution in [0.15, 0.2) is 16.9 Å². The molecule has 0 saturated heterocycles. The molecule has 0 radical (unpaired) electrons. The van der Waals surface area contributed by atoms with Crippen LogP contribution in [-0.2, 0) is 0 Å². The lowest BCUT2D eigenvalue weighted by atomic mass is 10.1. The van der Waals surface area contributed by atoms with Crippen molar-refractivity contribution in [2.45, 2.75) is 25.8 Å². The summed E-state index contributed by atoms with van der Waals surface area (Å²) in [5.74, 6) is 1.18. The van der Waals surface area contributed by atoms with E-state index in [1.165, 1.54) is 0 Å². The Morgan fingerprint density at radius 1 is 1.38 bits per heavy atom. The molecule has 2 atom stereocenters. The standard InChI is InChI=1S/C9H12BrN3/c1-9(2)6(7(9)11)8-12-3-5(10)4-13-8/h3-4,6-7H,11H2,1-2H3/t6-,7+/m0/s1. The smallest absolute Gasteiger partial charge is 0.133 e. The molecule has 0 unspecified atom stereocenters. The van der Waals surface area contributed by atoms with Crippen LogP contribution in [0, 0.1) is 5.41 Å². The van der Waals surface area contributed by atoms with Gasteiger partial charge in [0, 0.05) is 24.4 Å². The van der Waals surface area contributed by atoms with Gasteiger partial charge in [0.2, 0.25) is 0 Å². The highest BCUT2D eigenvalue weighted by Gasteiger charge is 2.57. The van der Waals surface area contributed by atoms with E-state index in [4.69, 9.17) is 5.73 Å². The maximum absolute atomic E-state index is 5.92. The molecule has 0 bridgehead atoms. The molecule has 0 aromatic carbocycles. The molecule has 0 aliphatic heterocycles. The second-order valence-electron chi connectivity index (χ2n) is 4.08. The van der Waals surface area contributed by atoms with Gasteiger partial charge in [-0.25, -0.2) is 9.97 Å². The van der Waals surface area contributed by atoms with Gasteiger partial charge in [-0.15, -0.1) is 0 Å². The lowest BCUT2D eigenvalue weighted by Crippen LogP contribution is -2.06. The highest BCUT2D eigenvalue weighted by molar-refractivity contribution is 9.10. The third-order valence-corrected chi connectivity index (χ3v) is 3.24. The van der Waals surface area contributed by atoms with E-state index in [0.717, 1.165) is 10.3 Å². The minimum Gasteiger partial charge on any atom is -0.327 e. The molecule has 4 heteroatoms. The first kappa shape index (κ1) is 9.09. The van der Waals surface area contributed by atoms with E-state index in [1.807, 2.05) is 0 Å². The Morgan fingerprint density at radius 2 is 1.85 bits per heavy atom. The van der Waals surface area contributed by atoms with Gasteiger partial charge in [0.15, 0.2) is 0 Å². The van der Waals surface area contributed by atoms with Gasteiger partial charge < -0.3 is 5.73 Å². The highest BCUT2D eigenvalue weighted by atomic mass is 79.9. The maximum Gasteiger partial charge on any atom is 0.133 e. The molecule has 13 heavy (non-hydrogen) atoms. The fourth-order valence-electron chi connectivity index (χ4n) is 1.65. The van der Waals surface area contributed by atoms with E-state index in [1.54, 1.807) is 12.4 Å². The summed E-state index contributed by atoms with van der Waals surface area (Å²) in [6, 6.07) is 0.202. The molecule has 1 saturated carbocycles. The maximum atomic E-state index is 5.92. The van der Waals surface area contributed by atoms with Gasteiger partial charge in [-0.2, -0.15) is 0 Å². The predicted molar refractivity (Wildman–Crippen MR) is 54.2 cm³/mol. The van der Waals surface area contributed by atoms with E-state index in [-0.39, 0.29) is 11.5 Å². The Hall–Kier alpha value is -0.480. The van der Waals surface area contributed by atoms with E-state index in [9.17, 15) is 0 Å². The number of aromatic nitrogens is 2. The Balaban J connectivity index is 2.25. The number of halogens is 1. The summed E-state index contributed by atoms with van der Waals surface area (Å²) in [5, 5.41) is 0. The molecule has 0 amide bonds.